The van der Waals surface area contributed by atoms with E-state index in [1.165, 1.54) is 0 Å². The number of carbonyl (C=O) groups excluding carboxylic acids is 1. The van der Waals surface area contributed by atoms with Crippen molar-refractivity contribution in [2.75, 3.05) is 6.79 Å². The minimum absolute atomic E-state index is 0.128. The molecule has 0 fully saturated rings. The molecule has 1 aliphatic heterocycles. The van der Waals surface area contributed by atoms with E-state index in [0.717, 1.165) is 11.4 Å². The van der Waals surface area contributed by atoms with Crippen molar-refractivity contribution >= 4 is 17.5 Å². The molecule has 0 spiro atoms. The Morgan fingerprint density at radius 2 is 2.19 bits per heavy atom. The quantitative estimate of drug-likeness (QED) is 0.948. The summed E-state index contributed by atoms with van der Waals surface area (Å²) in [7, 11) is 1.97. The lowest BCUT2D eigenvalue weighted by Crippen LogP contribution is -2.24. The molecule has 1 aromatic carbocycles. The van der Waals surface area contributed by atoms with Crippen molar-refractivity contribution in [2.24, 2.45) is 7.05 Å². The number of fused-ring (bicyclic) bond motifs is 1. The van der Waals surface area contributed by atoms with Crippen molar-refractivity contribution in [1.29, 1.82) is 0 Å². The Hall–Kier alpha value is -2.14. The fraction of sp³-hybridized carbons (Fsp3) is 0.267. The highest BCUT2D eigenvalue weighted by Crippen LogP contribution is 2.39. The van der Waals surface area contributed by atoms with Crippen molar-refractivity contribution in [3.8, 4) is 11.5 Å². The fourth-order valence-corrected chi connectivity index (χ4v) is 2.48. The molecular weight excluding hydrogens is 292 g/mol. The average molecular weight is 307 g/mol. The normalized spacial score (nSPS) is 12.5. The molecule has 1 amide bonds. The third-order valence-corrected chi connectivity index (χ3v) is 3.88. The smallest absolute Gasteiger partial charge is 0.251 e. The summed E-state index contributed by atoms with van der Waals surface area (Å²) in [4.78, 5) is 12.2. The van der Waals surface area contributed by atoms with Crippen molar-refractivity contribution in [3.05, 3.63) is 46.2 Å². The maximum Gasteiger partial charge on any atom is 0.251 e. The van der Waals surface area contributed by atoms with Gasteiger partial charge in [-0.15, -0.1) is 0 Å². The van der Waals surface area contributed by atoms with E-state index in [9.17, 15) is 4.79 Å². The predicted octanol–water partition coefficient (Wildman–Crippen LogP) is 2.65. The van der Waals surface area contributed by atoms with Crippen molar-refractivity contribution in [2.45, 2.75) is 13.5 Å². The standard InChI is InChI=1S/C15H15ClN2O3/c1-9-3-4-11(18(9)2)7-17-15(19)10-5-12(16)14-13(6-10)20-8-21-14/h3-6H,7-8H2,1-2H3,(H,17,19). The average Bonchev–Trinajstić information content (AvgIpc) is 3.05. The summed E-state index contributed by atoms with van der Waals surface area (Å²) in [6.07, 6.45) is 0. The molecule has 0 unspecified atom stereocenters. The van der Waals surface area contributed by atoms with Crippen LogP contribution in [-0.4, -0.2) is 17.3 Å². The zero-order valence-corrected chi connectivity index (χ0v) is 12.5. The number of halogens is 1. The molecule has 1 N–H and O–H groups in total. The molecular formula is C15H15ClN2O3. The third-order valence-electron chi connectivity index (χ3n) is 3.60. The van der Waals surface area contributed by atoms with E-state index < -0.39 is 0 Å². The van der Waals surface area contributed by atoms with Gasteiger partial charge in [-0.25, -0.2) is 0 Å². The zero-order chi connectivity index (χ0) is 15.0. The van der Waals surface area contributed by atoms with Gasteiger partial charge in [0.1, 0.15) is 0 Å². The summed E-state index contributed by atoms with van der Waals surface area (Å²) in [5.41, 5.74) is 2.63. The largest absolute Gasteiger partial charge is 0.454 e. The Bertz CT molecular complexity index is 709. The molecule has 0 atom stereocenters. The van der Waals surface area contributed by atoms with E-state index >= 15 is 0 Å². The van der Waals surface area contributed by atoms with Crippen LogP contribution in [0.5, 0.6) is 11.5 Å². The molecule has 1 aromatic heterocycles. The van der Waals surface area contributed by atoms with Crippen LogP contribution in [0.1, 0.15) is 21.7 Å². The van der Waals surface area contributed by atoms with Gasteiger partial charge in [0.2, 0.25) is 6.79 Å². The molecule has 0 saturated heterocycles. The number of rotatable bonds is 3. The van der Waals surface area contributed by atoms with Gasteiger partial charge in [0.05, 0.1) is 11.6 Å². The van der Waals surface area contributed by atoms with E-state index in [4.69, 9.17) is 21.1 Å². The van der Waals surface area contributed by atoms with Crippen molar-refractivity contribution in [1.82, 2.24) is 9.88 Å². The lowest BCUT2D eigenvalue weighted by atomic mass is 10.2. The van der Waals surface area contributed by atoms with Gasteiger partial charge >= 0.3 is 0 Å². The summed E-state index contributed by atoms with van der Waals surface area (Å²) in [6, 6.07) is 7.22. The Balaban J connectivity index is 1.74. The molecule has 110 valence electrons. The van der Waals surface area contributed by atoms with E-state index in [1.54, 1.807) is 12.1 Å². The number of aryl methyl sites for hydroxylation is 1. The Kier molecular flexibility index (Phi) is 3.51. The van der Waals surface area contributed by atoms with E-state index in [-0.39, 0.29) is 12.7 Å². The number of hydrogen-bond donors (Lipinski definition) is 1. The zero-order valence-electron chi connectivity index (χ0n) is 11.8. The van der Waals surface area contributed by atoms with Gasteiger partial charge in [0, 0.05) is 24.0 Å². The van der Waals surface area contributed by atoms with Gasteiger partial charge in [-0.3, -0.25) is 4.79 Å². The van der Waals surface area contributed by atoms with E-state index in [2.05, 4.69) is 5.32 Å². The summed E-state index contributed by atoms with van der Waals surface area (Å²) in [6.45, 7) is 2.60. The van der Waals surface area contributed by atoms with Gasteiger partial charge in [-0.2, -0.15) is 0 Å². The second-order valence-corrected chi connectivity index (χ2v) is 5.31. The topological polar surface area (TPSA) is 52.5 Å². The monoisotopic (exact) mass is 306 g/mol. The minimum atomic E-state index is -0.200. The van der Waals surface area contributed by atoms with Gasteiger partial charge in [-0.05, 0) is 31.2 Å². The lowest BCUT2D eigenvalue weighted by molar-refractivity contribution is 0.0949. The summed E-state index contributed by atoms with van der Waals surface area (Å²) < 4.78 is 12.5. The molecule has 0 saturated carbocycles. The fourth-order valence-electron chi connectivity index (χ4n) is 2.22. The van der Waals surface area contributed by atoms with Crippen LogP contribution in [0.3, 0.4) is 0 Å². The molecule has 2 heterocycles. The Labute approximate surface area is 127 Å². The van der Waals surface area contributed by atoms with Crippen LogP contribution in [0.25, 0.3) is 0 Å². The summed E-state index contributed by atoms with van der Waals surface area (Å²) in [5.74, 6) is 0.794. The van der Waals surface area contributed by atoms with Crippen LogP contribution in [-0.2, 0) is 13.6 Å². The molecule has 0 bridgehead atoms. The number of hydrogen-bond acceptors (Lipinski definition) is 3. The minimum Gasteiger partial charge on any atom is -0.454 e. The molecule has 3 rings (SSSR count). The number of amides is 1. The maximum absolute atomic E-state index is 12.2. The van der Waals surface area contributed by atoms with Crippen molar-refractivity contribution in [3.63, 3.8) is 0 Å². The van der Waals surface area contributed by atoms with Crippen molar-refractivity contribution < 1.29 is 14.3 Å². The molecule has 5 nitrogen and oxygen atoms in total. The highest BCUT2D eigenvalue weighted by atomic mass is 35.5. The SMILES string of the molecule is Cc1ccc(CNC(=O)c2cc(Cl)c3c(c2)OCO3)n1C. The molecule has 0 radical (unpaired) electrons. The first-order chi connectivity index (χ1) is 10.1. The number of ether oxygens (including phenoxy) is 2. The molecule has 1 aliphatic rings. The predicted molar refractivity (Wildman–Crippen MR) is 78.9 cm³/mol. The third kappa shape index (κ3) is 2.56. The van der Waals surface area contributed by atoms with Crippen LogP contribution in [0, 0.1) is 6.92 Å². The lowest BCUT2D eigenvalue weighted by Gasteiger charge is -2.08. The van der Waals surface area contributed by atoms with Crippen LogP contribution in [0.4, 0.5) is 0 Å². The Morgan fingerprint density at radius 3 is 2.90 bits per heavy atom. The Morgan fingerprint density at radius 1 is 1.38 bits per heavy atom. The molecule has 0 aliphatic carbocycles. The van der Waals surface area contributed by atoms with Gasteiger partial charge in [0.25, 0.3) is 5.91 Å². The van der Waals surface area contributed by atoms with Crippen LogP contribution >= 0.6 is 11.6 Å². The molecule has 21 heavy (non-hydrogen) atoms. The summed E-state index contributed by atoms with van der Waals surface area (Å²) in [5, 5.41) is 3.25. The maximum atomic E-state index is 12.2. The number of nitrogens with one attached hydrogen (secondary N) is 1. The number of nitrogens with zero attached hydrogens (tertiary/aromatic N) is 1. The van der Waals surface area contributed by atoms with E-state index in [1.807, 2.05) is 30.7 Å². The first-order valence-electron chi connectivity index (χ1n) is 6.55. The van der Waals surface area contributed by atoms with Crippen LogP contribution < -0.4 is 14.8 Å². The highest BCUT2D eigenvalue weighted by molar-refractivity contribution is 6.32. The van der Waals surface area contributed by atoms with Gasteiger partial charge in [0.15, 0.2) is 11.5 Å². The van der Waals surface area contributed by atoms with Gasteiger partial charge < -0.3 is 19.4 Å². The van der Waals surface area contributed by atoms with Crippen LogP contribution in [0.2, 0.25) is 5.02 Å². The highest BCUT2D eigenvalue weighted by Gasteiger charge is 2.20. The first-order valence-corrected chi connectivity index (χ1v) is 6.92. The van der Waals surface area contributed by atoms with Gasteiger partial charge in [-0.1, -0.05) is 11.6 Å². The molecule has 2 aromatic rings. The summed E-state index contributed by atoms with van der Waals surface area (Å²) >= 11 is 6.08. The number of benzene rings is 1. The molecule has 6 heteroatoms. The number of carbonyl (C=O) groups is 1. The second-order valence-electron chi connectivity index (χ2n) is 4.90. The van der Waals surface area contributed by atoms with Crippen LogP contribution in [0.15, 0.2) is 24.3 Å². The first kappa shape index (κ1) is 13.8. The van der Waals surface area contributed by atoms with E-state index in [0.29, 0.717) is 28.6 Å². The second kappa shape index (κ2) is 5.33. The number of aromatic nitrogens is 1.